The van der Waals surface area contributed by atoms with E-state index in [-0.39, 0.29) is 0 Å². The van der Waals surface area contributed by atoms with Crippen molar-refractivity contribution in [1.29, 1.82) is 0 Å². The van der Waals surface area contributed by atoms with E-state index < -0.39 is 45.9 Å². The van der Waals surface area contributed by atoms with E-state index in [4.69, 9.17) is 4.74 Å². The first kappa shape index (κ1) is 15.3. The van der Waals surface area contributed by atoms with Gasteiger partial charge in [0, 0.05) is 5.56 Å². The van der Waals surface area contributed by atoms with Gasteiger partial charge in [-0.2, -0.15) is 4.39 Å². The van der Waals surface area contributed by atoms with Gasteiger partial charge in [0.25, 0.3) is 0 Å². The molecule has 1 aromatic carbocycles. The third kappa shape index (κ3) is 3.00. The van der Waals surface area contributed by atoms with Crippen molar-refractivity contribution in [1.82, 2.24) is 0 Å². The predicted octanol–water partition coefficient (Wildman–Crippen LogP) is 3.38. The minimum absolute atomic E-state index is 0.454. The second-order valence-electron chi connectivity index (χ2n) is 4.98. The van der Waals surface area contributed by atoms with Gasteiger partial charge in [-0.15, -0.1) is 0 Å². The maximum atomic E-state index is 14.0. The zero-order valence-corrected chi connectivity index (χ0v) is 11.4. The van der Waals surface area contributed by atoms with Gasteiger partial charge in [0.15, 0.2) is 17.4 Å². The summed E-state index contributed by atoms with van der Waals surface area (Å²) < 4.78 is 50.4. The highest BCUT2D eigenvalue weighted by atomic mass is 19.2. The molecule has 0 unspecified atom stereocenters. The van der Waals surface area contributed by atoms with Crippen LogP contribution in [0.3, 0.4) is 0 Å². The van der Waals surface area contributed by atoms with Crippen molar-refractivity contribution in [2.24, 2.45) is 0 Å². The van der Waals surface area contributed by atoms with Crippen LogP contribution in [0.5, 0.6) is 5.75 Å². The number of hydrogen-bond donors (Lipinski definition) is 0. The number of methoxy groups -OCH3 is 1. The Balaban J connectivity index is 3.44. The van der Waals surface area contributed by atoms with Crippen LogP contribution >= 0.6 is 0 Å². The largest absolute Gasteiger partial charge is 0.491 e. The molecule has 0 saturated heterocycles. The van der Waals surface area contributed by atoms with Gasteiger partial charge in [0.05, 0.1) is 7.11 Å². The summed E-state index contributed by atoms with van der Waals surface area (Å²) in [6.45, 7) is 5.83. The Labute approximate surface area is 109 Å². The van der Waals surface area contributed by atoms with E-state index in [1.165, 1.54) is 0 Å². The van der Waals surface area contributed by atoms with Gasteiger partial charge in [-0.05, 0) is 27.7 Å². The molecule has 0 aliphatic rings. The van der Waals surface area contributed by atoms with Crippen molar-refractivity contribution in [2.45, 2.75) is 33.3 Å². The lowest BCUT2D eigenvalue weighted by molar-refractivity contribution is 0.00622. The first-order valence-electron chi connectivity index (χ1n) is 5.54. The van der Waals surface area contributed by atoms with Crippen LogP contribution in [-0.4, -0.2) is 18.7 Å². The molecule has 0 aliphatic heterocycles. The highest BCUT2D eigenvalue weighted by Crippen LogP contribution is 2.31. The van der Waals surface area contributed by atoms with Gasteiger partial charge >= 0.3 is 5.97 Å². The van der Waals surface area contributed by atoms with E-state index in [1.807, 2.05) is 0 Å². The smallest absolute Gasteiger partial charge is 0.342 e. The molecule has 0 aliphatic carbocycles. The Bertz CT molecular complexity index is 519. The van der Waals surface area contributed by atoms with Gasteiger partial charge in [-0.1, -0.05) is 0 Å². The SMILES string of the molecule is COc1c(F)c(F)c(C)c(C(=O)OC(C)(C)C)c1F. The molecule has 0 fully saturated rings. The van der Waals surface area contributed by atoms with E-state index in [2.05, 4.69) is 4.74 Å². The fourth-order valence-electron chi connectivity index (χ4n) is 1.50. The van der Waals surface area contributed by atoms with Crippen LogP contribution in [-0.2, 0) is 4.74 Å². The minimum Gasteiger partial charge on any atom is -0.491 e. The van der Waals surface area contributed by atoms with Gasteiger partial charge in [0.2, 0.25) is 5.82 Å². The molecule has 6 heteroatoms. The molecule has 0 aromatic heterocycles. The Hall–Kier alpha value is -1.72. The molecule has 0 N–H and O–H groups in total. The molecule has 0 bridgehead atoms. The molecule has 1 aromatic rings. The fourth-order valence-corrected chi connectivity index (χ4v) is 1.50. The Morgan fingerprint density at radius 2 is 1.58 bits per heavy atom. The maximum Gasteiger partial charge on any atom is 0.342 e. The number of esters is 1. The average Bonchev–Trinajstić information content (AvgIpc) is 2.24. The molecule has 0 radical (unpaired) electrons. The van der Waals surface area contributed by atoms with Crippen LogP contribution in [0.1, 0.15) is 36.7 Å². The van der Waals surface area contributed by atoms with Crippen molar-refractivity contribution >= 4 is 5.97 Å². The topological polar surface area (TPSA) is 35.5 Å². The summed E-state index contributed by atoms with van der Waals surface area (Å²) in [6, 6.07) is 0. The summed E-state index contributed by atoms with van der Waals surface area (Å²) in [5, 5.41) is 0. The van der Waals surface area contributed by atoms with Crippen LogP contribution < -0.4 is 4.74 Å². The molecular weight excluding hydrogens is 261 g/mol. The van der Waals surface area contributed by atoms with E-state index >= 15 is 0 Å². The monoisotopic (exact) mass is 276 g/mol. The number of halogens is 3. The molecule has 0 saturated carbocycles. The van der Waals surface area contributed by atoms with Crippen molar-refractivity contribution in [3.05, 3.63) is 28.6 Å². The number of rotatable bonds is 2. The van der Waals surface area contributed by atoms with Crippen LogP contribution in [0.15, 0.2) is 0 Å². The van der Waals surface area contributed by atoms with Crippen molar-refractivity contribution in [3.63, 3.8) is 0 Å². The summed E-state index contributed by atoms with van der Waals surface area (Å²) in [5.41, 5.74) is -2.00. The number of carbonyl (C=O) groups is 1. The molecule has 0 atom stereocenters. The van der Waals surface area contributed by atoms with Gasteiger partial charge < -0.3 is 9.47 Å². The first-order chi connectivity index (χ1) is 8.60. The molecule has 3 nitrogen and oxygen atoms in total. The number of carbonyl (C=O) groups excluding carboxylic acids is 1. The summed E-state index contributed by atoms with van der Waals surface area (Å²) in [5.74, 6) is -6.08. The number of benzene rings is 1. The van der Waals surface area contributed by atoms with E-state index in [1.54, 1.807) is 20.8 Å². The van der Waals surface area contributed by atoms with Crippen molar-refractivity contribution in [3.8, 4) is 5.75 Å². The summed E-state index contributed by atoms with van der Waals surface area (Å²) in [4.78, 5) is 11.8. The number of hydrogen-bond acceptors (Lipinski definition) is 3. The Morgan fingerprint density at radius 3 is 2.00 bits per heavy atom. The second-order valence-corrected chi connectivity index (χ2v) is 4.98. The molecule has 0 amide bonds. The first-order valence-corrected chi connectivity index (χ1v) is 5.54. The highest BCUT2D eigenvalue weighted by Gasteiger charge is 2.30. The Kier molecular flexibility index (Phi) is 4.12. The van der Waals surface area contributed by atoms with Gasteiger partial charge in [-0.3, -0.25) is 0 Å². The van der Waals surface area contributed by atoms with Gasteiger partial charge in [0.1, 0.15) is 11.2 Å². The third-order valence-electron chi connectivity index (χ3n) is 2.32. The van der Waals surface area contributed by atoms with E-state index in [0.29, 0.717) is 0 Å². The third-order valence-corrected chi connectivity index (χ3v) is 2.32. The van der Waals surface area contributed by atoms with Crippen molar-refractivity contribution in [2.75, 3.05) is 7.11 Å². The Morgan fingerprint density at radius 1 is 1.05 bits per heavy atom. The minimum atomic E-state index is -1.47. The lowest BCUT2D eigenvalue weighted by atomic mass is 10.1. The van der Waals surface area contributed by atoms with Gasteiger partial charge in [-0.25, -0.2) is 13.6 Å². The summed E-state index contributed by atoms with van der Waals surface area (Å²) in [7, 11) is 0.981. The highest BCUT2D eigenvalue weighted by molar-refractivity contribution is 5.92. The van der Waals surface area contributed by atoms with Crippen LogP contribution in [0, 0.1) is 24.4 Å². The van der Waals surface area contributed by atoms with E-state index in [9.17, 15) is 18.0 Å². The maximum absolute atomic E-state index is 14.0. The molecule has 19 heavy (non-hydrogen) atoms. The lowest BCUT2D eigenvalue weighted by Gasteiger charge is -2.21. The average molecular weight is 276 g/mol. The molecule has 1 rings (SSSR count). The molecular formula is C13H15F3O3. The summed E-state index contributed by atoms with van der Waals surface area (Å²) in [6.07, 6.45) is 0. The zero-order chi connectivity index (χ0) is 15.0. The van der Waals surface area contributed by atoms with Crippen LogP contribution in [0.25, 0.3) is 0 Å². The number of ether oxygens (including phenoxy) is 2. The second kappa shape index (κ2) is 5.11. The molecule has 0 spiro atoms. The lowest BCUT2D eigenvalue weighted by Crippen LogP contribution is -2.25. The fraction of sp³-hybridized carbons (Fsp3) is 0.462. The van der Waals surface area contributed by atoms with E-state index in [0.717, 1.165) is 14.0 Å². The zero-order valence-electron chi connectivity index (χ0n) is 11.4. The quantitative estimate of drug-likeness (QED) is 0.613. The summed E-state index contributed by atoms with van der Waals surface area (Å²) >= 11 is 0. The van der Waals surface area contributed by atoms with Crippen LogP contribution in [0.2, 0.25) is 0 Å². The van der Waals surface area contributed by atoms with Crippen molar-refractivity contribution < 1.29 is 27.4 Å². The predicted molar refractivity (Wildman–Crippen MR) is 62.8 cm³/mol. The standard InChI is InChI=1S/C13H15F3O3/c1-6-7(12(17)19-13(2,3)4)9(15)11(18-5)10(16)8(6)14/h1-5H3. The van der Waals surface area contributed by atoms with Crippen LogP contribution in [0.4, 0.5) is 13.2 Å². The normalized spacial score (nSPS) is 11.4. The molecule has 106 valence electrons. The molecule has 0 heterocycles.